The molecule has 0 radical (unpaired) electrons. The van der Waals surface area contributed by atoms with E-state index in [2.05, 4.69) is 118 Å². The van der Waals surface area contributed by atoms with E-state index in [4.69, 9.17) is 0 Å². The Hall–Kier alpha value is -3.12. The SMILES string of the molecule is Cc1cc(C)c2cc1Cc1cc(c(C)cc1C)C(C)c1cc(c(C)cc1C)C(C)c1cc(c(C)cc1C)C2. The second-order valence-corrected chi connectivity index (χ2v) is 12.3. The molecule has 1 aliphatic rings. The second-order valence-electron chi connectivity index (χ2n) is 12.3. The molecule has 0 aliphatic heterocycles. The van der Waals surface area contributed by atoms with Crippen LogP contribution in [-0.4, -0.2) is 0 Å². The number of benzene rings is 4. The molecule has 0 heteroatoms. The minimum Gasteiger partial charge on any atom is -0.0558 e. The van der Waals surface area contributed by atoms with Crippen molar-refractivity contribution in [1.29, 1.82) is 0 Å². The Bertz CT molecular complexity index is 1450. The van der Waals surface area contributed by atoms with Gasteiger partial charge in [0.15, 0.2) is 0 Å². The summed E-state index contributed by atoms with van der Waals surface area (Å²) in [6.45, 7) is 23.1. The van der Waals surface area contributed by atoms with Gasteiger partial charge in [0, 0.05) is 11.8 Å². The monoisotopic (exact) mass is 500 g/mol. The van der Waals surface area contributed by atoms with Crippen LogP contribution in [0.25, 0.3) is 0 Å². The summed E-state index contributed by atoms with van der Waals surface area (Å²) in [6.07, 6.45) is 1.97. The lowest BCUT2D eigenvalue weighted by atomic mass is 9.79. The summed E-state index contributed by atoms with van der Waals surface area (Å²) in [5, 5.41) is 0. The molecule has 0 N–H and O–H groups in total. The van der Waals surface area contributed by atoms with Gasteiger partial charge in [0.1, 0.15) is 0 Å². The van der Waals surface area contributed by atoms with Gasteiger partial charge in [0.2, 0.25) is 0 Å². The van der Waals surface area contributed by atoms with Crippen LogP contribution in [0.4, 0.5) is 0 Å². The number of hydrogen-bond donors (Lipinski definition) is 0. The molecule has 2 atom stereocenters. The molecule has 8 bridgehead atoms. The van der Waals surface area contributed by atoms with E-state index in [0.29, 0.717) is 11.8 Å². The van der Waals surface area contributed by atoms with Crippen molar-refractivity contribution in [3.05, 3.63) is 138 Å². The molecule has 0 nitrogen and oxygen atoms in total. The lowest BCUT2D eigenvalue weighted by Crippen LogP contribution is -2.09. The summed E-state index contributed by atoms with van der Waals surface area (Å²) in [4.78, 5) is 0. The van der Waals surface area contributed by atoms with E-state index in [1.807, 2.05) is 0 Å². The van der Waals surface area contributed by atoms with Crippen molar-refractivity contribution in [1.82, 2.24) is 0 Å². The molecule has 0 aromatic heterocycles. The van der Waals surface area contributed by atoms with Gasteiger partial charge < -0.3 is 0 Å². The Balaban J connectivity index is 1.82. The normalized spacial score (nSPS) is 17.0. The smallest absolute Gasteiger partial charge is 0.00664 e. The van der Waals surface area contributed by atoms with Gasteiger partial charge in [-0.15, -0.1) is 0 Å². The van der Waals surface area contributed by atoms with Gasteiger partial charge in [-0.25, -0.2) is 0 Å². The van der Waals surface area contributed by atoms with Crippen LogP contribution in [0.2, 0.25) is 0 Å². The second kappa shape index (κ2) is 9.88. The van der Waals surface area contributed by atoms with E-state index in [0.717, 1.165) is 12.8 Å². The lowest BCUT2D eigenvalue weighted by Gasteiger charge is -2.25. The van der Waals surface area contributed by atoms with Crippen LogP contribution in [0.1, 0.15) is 115 Å². The van der Waals surface area contributed by atoms with Gasteiger partial charge in [-0.1, -0.05) is 62.4 Å². The third-order valence-electron chi connectivity index (χ3n) is 9.53. The lowest BCUT2D eigenvalue weighted by molar-refractivity contribution is 0.855. The zero-order valence-electron chi connectivity index (χ0n) is 25.2. The zero-order chi connectivity index (χ0) is 27.5. The van der Waals surface area contributed by atoms with Gasteiger partial charge in [0.25, 0.3) is 0 Å². The van der Waals surface area contributed by atoms with E-state index in [-0.39, 0.29) is 0 Å². The number of fused-ring (bicyclic) bond motifs is 8. The Morgan fingerprint density at radius 1 is 0.342 bits per heavy atom. The highest BCUT2D eigenvalue weighted by molar-refractivity contribution is 5.53. The molecule has 0 heterocycles. The Morgan fingerprint density at radius 3 is 0.974 bits per heavy atom. The summed E-state index contributed by atoms with van der Waals surface area (Å²) in [6, 6.07) is 19.7. The van der Waals surface area contributed by atoms with Crippen LogP contribution in [0, 0.1) is 55.4 Å². The van der Waals surface area contributed by atoms with Gasteiger partial charge in [-0.05, 0) is 157 Å². The Kier molecular flexibility index (Phi) is 6.89. The molecule has 4 aromatic carbocycles. The predicted octanol–water partition coefficient (Wildman–Crippen LogP) is 9.95. The Morgan fingerprint density at radius 2 is 0.605 bits per heavy atom. The van der Waals surface area contributed by atoms with Crippen LogP contribution >= 0.6 is 0 Å². The van der Waals surface area contributed by atoms with Crippen molar-refractivity contribution in [2.24, 2.45) is 0 Å². The van der Waals surface area contributed by atoms with Crippen molar-refractivity contribution < 1.29 is 0 Å². The summed E-state index contributed by atoms with van der Waals surface area (Å²) < 4.78 is 0. The van der Waals surface area contributed by atoms with Crippen LogP contribution < -0.4 is 0 Å². The maximum atomic E-state index is 2.53. The standard InChI is InChI=1S/C38H44/c1-21-11-22(2)32-15-31(21)16-33-18-35(25(5)12-23(33)3)29(9)37-20-38(28(8)14-27(37)7)30(10)36-19-34(17-32)24(4)13-26(36)6/h11-15,18-20,29-30H,16-17H2,1-10H3. The highest BCUT2D eigenvalue weighted by Crippen LogP contribution is 2.38. The largest absolute Gasteiger partial charge is 0.0558 e. The first kappa shape index (κ1) is 26.5. The van der Waals surface area contributed by atoms with Crippen molar-refractivity contribution in [3.63, 3.8) is 0 Å². The average molecular weight is 501 g/mol. The van der Waals surface area contributed by atoms with Gasteiger partial charge in [0.05, 0.1) is 0 Å². The predicted molar refractivity (Wildman–Crippen MR) is 164 cm³/mol. The molecule has 2 unspecified atom stereocenters. The number of aryl methyl sites for hydroxylation is 8. The summed E-state index contributed by atoms with van der Waals surface area (Å²) in [5.41, 5.74) is 22.8. The third kappa shape index (κ3) is 4.64. The van der Waals surface area contributed by atoms with E-state index in [1.54, 1.807) is 0 Å². The first-order valence-corrected chi connectivity index (χ1v) is 14.3. The van der Waals surface area contributed by atoms with Crippen molar-refractivity contribution in [2.45, 2.75) is 93.9 Å². The molecule has 0 amide bonds. The molecule has 5 rings (SSSR count). The molecule has 1 aliphatic carbocycles. The molecule has 0 fully saturated rings. The molecule has 0 spiro atoms. The van der Waals surface area contributed by atoms with Crippen LogP contribution in [0.5, 0.6) is 0 Å². The fourth-order valence-electron chi connectivity index (χ4n) is 7.04. The summed E-state index contributed by atoms with van der Waals surface area (Å²) >= 11 is 0. The van der Waals surface area contributed by atoms with Crippen molar-refractivity contribution in [3.8, 4) is 0 Å². The third-order valence-corrected chi connectivity index (χ3v) is 9.53. The van der Waals surface area contributed by atoms with Gasteiger partial charge in [-0.2, -0.15) is 0 Å². The van der Waals surface area contributed by atoms with Crippen LogP contribution in [0.3, 0.4) is 0 Å². The first-order chi connectivity index (χ1) is 17.9. The molecule has 196 valence electrons. The summed E-state index contributed by atoms with van der Waals surface area (Å²) in [5.74, 6) is 0.691. The maximum absolute atomic E-state index is 2.53. The first-order valence-electron chi connectivity index (χ1n) is 14.3. The highest BCUT2D eigenvalue weighted by atomic mass is 14.3. The fourth-order valence-corrected chi connectivity index (χ4v) is 7.04. The van der Waals surface area contributed by atoms with E-state index in [9.17, 15) is 0 Å². The van der Waals surface area contributed by atoms with Gasteiger partial charge in [-0.3, -0.25) is 0 Å². The Labute approximate surface area is 231 Å². The molecule has 0 saturated heterocycles. The van der Waals surface area contributed by atoms with E-state index in [1.165, 1.54) is 89.0 Å². The zero-order valence-corrected chi connectivity index (χ0v) is 25.2. The molecule has 4 aromatic rings. The molecular formula is C38H44. The number of hydrogen-bond acceptors (Lipinski definition) is 0. The quantitative estimate of drug-likeness (QED) is 0.225. The van der Waals surface area contributed by atoms with Crippen LogP contribution in [-0.2, 0) is 12.8 Å². The molecular weight excluding hydrogens is 456 g/mol. The molecule has 38 heavy (non-hydrogen) atoms. The average Bonchev–Trinajstić information content (AvgIpc) is 2.83. The van der Waals surface area contributed by atoms with Crippen LogP contribution in [0.15, 0.2) is 48.5 Å². The maximum Gasteiger partial charge on any atom is 0.00664 e. The van der Waals surface area contributed by atoms with E-state index < -0.39 is 0 Å². The topological polar surface area (TPSA) is 0 Å². The number of rotatable bonds is 0. The minimum absolute atomic E-state index is 0.346. The minimum atomic E-state index is 0.346. The van der Waals surface area contributed by atoms with Crippen molar-refractivity contribution >= 4 is 0 Å². The van der Waals surface area contributed by atoms with E-state index >= 15 is 0 Å². The van der Waals surface area contributed by atoms with Crippen molar-refractivity contribution in [2.75, 3.05) is 0 Å². The fraction of sp³-hybridized carbons (Fsp3) is 0.368. The summed E-state index contributed by atoms with van der Waals surface area (Å²) in [7, 11) is 0. The van der Waals surface area contributed by atoms with Gasteiger partial charge >= 0.3 is 0 Å². The highest BCUT2D eigenvalue weighted by Gasteiger charge is 2.22. The molecule has 0 saturated carbocycles.